The summed E-state index contributed by atoms with van der Waals surface area (Å²) in [5.74, 6) is -2.79. The lowest BCUT2D eigenvalue weighted by Crippen LogP contribution is -2.41. The third-order valence-electron chi connectivity index (χ3n) is 3.90. The Morgan fingerprint density at radius 2 is 1.95 bits per heavy atom. The van der Waals surface area contributed by atoms with Crippen molar-refractivity contribution in [1.29, 1.82) is 0 Å². The summed E-state index contributed by atoms with van der Waals surface area (Å²) in [4.78, 5) is 36.1. The van der Waals surface area contributed by atoms with Crippen molar-refractivity contribution in [3.63, 3.8) is 0 Å². The Kier molecular flexibility index (Phi) is 5.02. The third-order valence-corrected chi connectivity index (χ3v) is 3.90. The number of carbonyl (C=O) groups excluding carboxylic acids is 3. The molecule has 0 aromatic carbocycles. The van der Waals surface area contributed by atoms with E-state index in [0.29, 0.717) is 26.1 Å². The fourth-order valence-corrected chi connectivity index (χ4v) is 2.65. The normalized spacial score (nSPS) is 24.2. The number of nitrogens with zero attached hydrogens (tertiary/aromatic N) is 2. The van der Waals surface area contributed by atoms with Gasteiger partial charge in [-0.3, -0.25) is 19.4 Å². The Balaban J connectivity index is 1.96. The summed E-state index contributed by atoms with van der Waals surface area (Å²) < 4.78 is 15.8. The zero-order valence-electron chi connectivity index (χ0n) is 13.2. The van der Waals surface area contributed by atoms with Crippen LogP contribution in [0.1, 0.15) is 26.7 Å². The first-order valence-electron chi connectivity index (χ1n) is 7.40. The molecule has 2 heterocycles. The summed E-state index contributed by atoms with van der Waals surface area (Å²) in [5.41, 5.74) is 0. The molecule has 124 valence electrons. The molecule has 22 heavy (non-hydrogen) atoms. The van der Waals surface area contributed by atoms with E-state index >= 15 is 0 Å². The molecule has 1 atom stereocenters. The Morgan fingerprint density at radius 3 is 2.55 bits per heavy atom. The van der Waals surface area contributed by atoms with Gasteiger partial charge in [0.1, 0.15) is 12.5 Å². The number of carbonyl (C=O) groups is 3. The van der Waals surface area contributed by atoms with E-state index in [2.05, 4.69) is 0 Å². The van der Waals surface area contributed by atoms with Gasteiger partial charge >= 0.3 is 5.97 Å². The first kappa shape index (κ1) is 16.7. The highest BCUT2D eigenvalue weighted by atomic mass is 16.7. The van der Waals surface area contributed by atoms with Crippen molar-refractivity contribution in [3.05, 3.63) is 0 Å². The average molecular weight is 314 g/mol. The van der Waals surface area contributed by atoms with Crippen LogP contribution in [0.5, 0.6) is 0 Å². The van der Waals surface area contributed by atoms with Gasteiger partial charge in [-0.15, -0.1) is 0 Å². The third kappa shape index (κ3) is 3.38. The molecular weight excluding hydrogens is 292 g/mol. The summed E-state index contributed by atoms with van der Waals surface area (Å²) >= 11 is 0. The maximum Gasteiger partial charge on any atom is 0.327 e. The van der Waals surface area contributed by atoms with Gasteiger partial charge in [0.15, 0.2) is 5.79 Å². The molecule has 0 aromatic heterocycles. The Hall–Kier alpha value is -1.67. The number of rotatable bonds is 6. The predicted octanol–water partition coefficient (Wildman–Crippen LogP) is -0.0755. The standard InChI is InChI=1S/C14H22N2O6/c1-4-20-11(17)9-16-13(19)10(12(18)15(16)3)5-6-14(2)21-7-8-22-14/h10H,4-9H2,1-3H3. The SMILES string of the molecule is CCOC(=O)CN1C(=O)C(CCC2(C)OCCO2)C(=O)N1C. The number of ether oxygens (including phenoxy) is 3. The van der Waals surface area contributed by atoms with Gasteiger partial charge in [-0.25, -0.2) is 5.01 Å². The minimum atomic E-state index is -0.802. The highest BCUT2D eigenvalue weighted by Gasteiger charge is 2.45. The summed E-state index contributed by atoms with van der Waals surface area (Å²) in [6.45, 7) is 4.48. The van der Waals surface area contributed by atoms with Gasteiger partial charge in [-0.05, 0) is 20.3 Å². The van der Waals surface area contributed by atoms with E-state index in [4.69, 9.17) is 14.2 Å². The average Bonchev–Trinajstić information content (AvgIpc) is 2.97. The number of esters is 1. The van der Waals surface area contributed by atoms with Crippen molar-refractivity contribution in [3.8, 4) is 0 Å². The monoisotopic (exact) mass is 314 g/mol. The summed E-state index contributed by atoms with van der Waals surface area (Å²) in [6, 6.07) is 0. The van der Waals surface area contributed by atoms with Crippen molar-refractivity contribution in [2.24, 2.45) is 5.92 Å². The molecule has 0 saturated carbocycles. The van der Waals surface area contributed by atoms with Gasteiger partial charge in [0.25, 0.3) is 11.8 Å². The molecule has 2 fully saturated rings. The van der Waals surface area contributed by atoms with Gasteiger partial charge in [-0.2, -0.15) is 0 Å². The van der Waals surface area contributed by atoms with E-state index < -0.39 is 17.7 Å². The second-order valence-electron chi connectivity index (χ2n) is 5.48. The zero-order valence-corrected chi connectivity index (χ0v) is 13.2. The van der Waals surface area contributed by atoms with Crippen LogP contribution in [0.4, 0.5) is 0 Å². The van der Waals surface area contributed by atoms with Gasteiger partial charge in [0, 0.05) is 13.5 Å². The summed E-state index contributed by atoms with van der Waals surface area (Å²) in [6.07, 6.45) is 0.758. The van der Waals surface area contributed by atoms with E-state index in [9.17, 15) is 14.4 Å². The van der Waals surface area contributed by atoms with Crippen LogP contribution in [0.2, 0.25) is 0 Å². The van der Waals surface area contributed by atoms with Crippen molar-refractivity contribution in [1.82, 2.24) is 10.0 Å². The second kappa shape index (κ2) is 6.62. The molecule has 8 nitrogen and oxygen atoms in total. The smallest absolute Gasteiger partial charge is 0.327 e. The molecule has 0 N–H and O–H groups in total. The molecule has 2 aliphatic rings. The van der Waals surface area contributed by atoms with Crippen LogP contribution in [0.15, 0.2) is 0 Å². The highest BCUT2D eigenvalue weighted by molar-refractivity contribution is 6.06. The lowest BCUT2D eigenvalue weighted by Gasteiger charge is -2.22. The van der Waals surface area contributed by atoms with Crippen molar-refractivity contribution >= 4 is 17.8 Å². The maximum absolute atomic E-state index is 12.3. The summed E-state index contributed by atoms with van der Waals surface area (Å²) in [7, 11) is 1.48. The number of hydrogen-bond donors (Lipinski definition) is 0. The van der Waals surface area contributed by atoms with Crippen molar-refractivity contribution in [2.75, 3.05) is 33.4 Å². The van der Waals surface area contributed by atoms with Gasteiger partial charge in [-0.1, -0.05) is 0 Å². The Morgan fingerprint density at radius 1 is 1.32 bits per heavy atom. The van der Waals surface area contributed by atoms with E-state index in [1.54, 1.807) is 13.8 Å². The van der Waals surface area contributed by atoms with E-state index in [1.807, 2.05) is 0 Å². The molecule has 0 radical (unpaired) electrons. The molecule has 2 saturated heterocycles. The van der Waals surface area contributed by atoms with Crippen LogP contribution in [-0.2, 0) is 28.6 Å². The highest BCUT2D eigenvalue weighted by Crippen LogP contribution is 2.30. The van der Waals surface area contributed by atoms with E-state index in [-0.39, 0.29) is 25.0 Å². The first-order chi connectivity index (χ1) is 10.4. The largest absolute Gasteiger partial charge is 0.465 e. The van der Waals surface area contributed by atoms with E-state index in [1.165, 1.54) is 12.1 Å². The molecule has 1 unspecified atom stereocenters. The minimum absolute atomic E-state index is 0.231. The van der Waals surface area contributed by atoms with Gasteiger partial charge < -0.3 is 14.2 Å². The maximum atomic E-state index is 12.3. The van der Waals surface area contributed by atoms with Crippen LogP contribution in [0.3, 0.4) is 0 Å². The molecule has 0 aromatic rings. The zero-order chi connectivity index (χ0) is 16.3. The second-order valence-corrected chi connectivity index (χ2v) is 5.48. The fourth-order valence-electron chi connectivity index (χ4n) is 2.65. The quantitative estimate of drug-likeness (QED) is 0.504. The fraction of sp³-hybridized carbons (Fsp3) is 0.786. The molecular formula is C14H22N2O6. The first-order valence-corrected chi connectivity index (χ1v) is 7.40. The molecule has 2 aliphatic heterocycles. The minimum Gasteiger partial charge on any atom is -0.465 e. The number of amides is 2. The van der Waals surface area contributed by atoms with Crippen LogP contribution in [0.25, 0.3) is 0 Å². The number of hydrogen-bond acceptors (Lipinski definition) is 6. The van der Waals surface area contributed by atoms with Crippen LogP contribution < -0.4 is 0 Å². The van der Waals surface area contributed by atoms with Gasteiger partial charge in [0.05, 0.1) is 19.8 Å². The van der Waals surface area contributed by atoms with Crippen LogP contribution in [-0.4, -0.2) is 67.0 Å². The summed E-state index contributed by atoms with van der Waals surface area (Å²) in [5, 5.41) is 2.31. The molecule has 0 spiro atoms. The predicted molar refractivity (Wildman–Crippen MR) is 74.1 cm³/mol. The lowest BCUT2D eigenvalue weighted by atomic mass is 9.99. The topological polar surface area (TPSA) is 85.4 Å². The molecule has 0 aliphatic carbocycles. The Labute approximate surface area is 129 Å². The lowest BCUT2D eigenvalue weighted by molar-refractivity contribution is -0.157. The Bertz CT molecular complexity index is 460. The van der Waals surface area contributed by atoms with Crippen molar-refractivity contribution < 1.29 is 28.6 Å². The molecule has 2 rings (SSSR count). The van der Waals surface area contributed by atoms with Crippen LogP contribution >= 0.6 is 0 Å². The molecule has 8 heteroatoms. The molecule has 2 amide bonds. The molecule has 0 bridgehead atoms. The number of hydrazine groups is 1. The van der Waals surface area contributed by atoms with Crippen molar-refractivity contribution in [2.45, 2.75) is 32.5 Å². The van der Waals surface area contributed by atoms with E-state index in [0.717, 1.165) is 5.01 Å². The van der Waals surface area contributed by atoms with Gasteiger partial charge in [0.2, 0.25) is 0 Å². The van der Waals surface area contributed by atoms with Crippen LogP contribution in [0, 0.1) is 5.92 Å².